The van der Waals surface area contributed by atoms with Crippen LogP contribution in [0.3, 0.4) is 0 Å². The van der Waals surface area contributed by atoms with Crippen molar-refractivity contribution in [3.05, 3.63) is 17.5 Å². The summed E-state index contributed by atoms with van der Waals surface area (Å²) < 4.78 is 12.5. The number of rotatable bonds is 6. The van der Waals surface area contributed by atoms with Crippen molar-refractivity contribution in [2.75, 3.05) is 33.5 Å². The third-order valence-corrected chi connectivity index (χ3v) is 3.38. The molecule has 0 bridgehead atoms. The minimum atomic E-state index is 0.505. The van der Waals surface area contributed by atoms with Gasteiger partial charge in [0.15, 0.2) is 0 Å². The van der Waals surface area contributed by atoms with Crippen LogP contribution in [0, 0.1) is 6.92 Å². The summed E-state index contributed by atoms with van der Waals surface area (Å²) in [5.41, 5.74) is 2.39. The van der Waals surface area contributed by atoms with E-state index in [0.29, 0.717) is 6.04 Å². The average molecular weight is 253 g/mol. The minimum absolute atomic E-state index is 0.505. The summed E-state index contributed by atoms with van der Waals surface area (Å²) in [5, 5.41) is 7.98. The number of nitrogens with zero attached hydrogens (tertiary/aromatic N) is 2. The van der Waals surface area contributed by atoms with E-state index in [4.69, 9.17) is 9.47 Å². The molecular weight excluding hydrogens is 230 g/mol. The molecule has 2 rings (SSSR count). The Morgan fingerprint density at radius 3 is 3.00 bits per heavy atom. The van der Waals surface area contributed by atoms with E-state index in [1.807, 2.05) is 0 Å². The fourth-order valence-corrected chi connectivity index (χ4v) is 2.23. The van der Waals surface area contributed by atoms with Crippen molar-refractivity contribution in [3.8, 4) is 0 Å². The van der Waals surface area contributed by atoms with Gasteiger partial charge in [-0.25, -0.2) is 0 Å². The molecule has 1 saturated heterocycles. The van der Waals surface area contributed by atoms with Crippen LogP contribution in [0.25, 0.3) is 0 Å². The smallest absolute Gasteiger partial charge is 0.0638 e. The van der Waals surface area contributed by atoms with Crippen molar-refractivity contribution in [2.45, 2.75) is 32.4 Å². The molecule has 18 heavy (non-hydrogen) atoms. The first-order valence-electron chi connectivity index (χ1n) is 6.63. The zero-order chi connectivity index (χ0) is 12.8. The van der Waals surface area contributed by atoms with E-state index in [0.717, 1.165) is 51.4 Å². The Morgan fingerprint density at radius 1 is 1.50 bits per heavy atom. The van der Waals surface area contributed by atoms with E-state index < -0.39 is 0 Å². The minimum Gasteiger partial charge on any atom is -0.383 e. The molecule has 1 aromatic rings. The van der Waals surface area contributed by atoms with Gasteiger partial charge >= 0.3 is 0 Å². The number of methoxy groups -OCH3 is 1. The first-order chi connectivity index (χ1) is 8.81. The topological polar surface area (TPSA) is 48.3 Å². The zero-order valence-corrected chi connectivity index (χ0v) is 11.3. The Hall–Kier alpha value is -0.910. The van der Waals surface area contributed by atoms with Gasteiger partial charge in [-0.1, -0.05) is 0 Å². The Balaban J connectivity index is 1.89. The molecule has 1 aliphatic heterocycles. The lowest BCUT2D eigenvalue weighted by atomic mass is 10.1. The maximum absolute atomic E-state index is 5.38. The number of nitrogens with one attached hydrogen (secondary N) is 1. The molecule has 5 nitrogen and oxygen atoms in total. The SMILES string of the molecule is COCCNCc1cn(C2CCOCC2)nc1C. The molecule has 2 heterocycles. The molecule has 1 fully saturated rings. The number of hydrogen-bond donors (Lipinski definition) is 1. The van der Waals surface area contributed by atoms with E-state index >= 15 is 0 Å². The predicted molar refractivity (Wildman–Crippen MR) is 69.6 cm³/mol. The highest BCUT2D eigenvalue weighted by Crippen LogP contribution is 2.21. The second-order valence-electron chi connectivity index (χ2n) is 4.73. The van der Waals surface area contributed by atoms with Crippen LogP contribution in [-0.2, 0) is 16.0 Å². The molecule has 0 amide bonds. The second kappa shape index (κ2) is 6.87. The average Bonchev–Trinajstić information content (AvgIpc) is 2.77. The van der Waals surface area contributed by atoms with Crippen LogP contribution < -0.4 is 5.32 Å². The molecule has 1 aromatic heterocycles. The number of hydrogen-bond acceptors (Lipinski definition) is 4. The monoisotopic (exact) mass is 253 g/mol. The lowest BCUT2D eigenvalue weighted by Crippen LogP contribution is -2.20. The van der Waals surface area contributed by atoms with Gasteiger partial charge < -0.3 is 14.8 Å². The van der Waals surface area contributed by atoms with Gasteiger partial charge in [-0.05, 0) is 19.8 Å². The van der Waals surface area contributed by atoms with E-state index in [1.54, 1.807) is 7.11 Å². The van der Waals surface area contributed by atoms with Crippen LogP contribution in [0.15, 0.2) is 6.20 Å². The summed E-state index contributed by atoms with van der Waals surface area (Å²) in [6.07, 6.45) is 4.31. The first-order valence-corrected chi connectivity index (χ1v) is 6.63. The normalized spacial score (nSPS) is 17.2. The largest absolute Gasteiger partial charge is 0.383 e. The fraction of sp³-hybridized carbons (Fsp3) is 0.769. The number of aryl methyl sites for hydroxylation is 1. The summed E-state index contributed by atoms with van der Waals surface area (Å²) in [5.74, 6) is 0. The van der Waals surface area contributed by atoms with Gasteiger partial charge in [-0.2, -0.15) is 5.10 Å². The zero-order valence-electron chi connectivity index (χ0n) is 11.3. The van der Waals surface area contributed by atoms with Gasteiger partial charge in [-0.15, -0.1) is 0 Å². The first kappa shape index (κ1) is 13.5. The van der Waals surface area contributed by atoms with Crippen molar-refractivity contribution in [1.29, 1.82) is 0 Å². The number of aromatic nitrogens is 2. The van der Waals surface area contributed by atoms with Gasteiger partial charge in [-0.3, -0.25) is 4.68 Å². The highest BCUT2D eigenvalue weighted by atomic mass is 16.5. The molecule has 1 N–H and O–H groups in total. The molecule has 0 saturated carbocycles. The van der Waals surface area contributed by atoms with Gasteiger partial charge in [0.25, 0.3) is 0 Å². The second-order valence-corrected chi connectivity index (χ2v) is 4.73. The highest BCUT2D eigenvalue weighted by Gasteiger charge is 2.17. The standard InChI is InChI=1S/C13H23N3O2/c1-11-12(9-14-5-8-17-2)10-16(15-11)13-3-6-18-7-4-13/h10,13-14H,3-9H2,1-2H3. The Bertz CT molecular complexity index is 359. The maximum Gasteiger partial charge on any atom is 0.0638 e. The molecular formula is C13H23N3O2. The lowest BCUT2D eigenvalue weighted by molar-refractivity contribution is 0.0661. The van der Waals surface area contributed by atoms with Crippen LogP contribution >= 0.6 is 0 Å². The quantitative estimate of drug-likeness (QED) is 0.776. The van der Waals surface area contributed by atoms with Crippen LogP contribution in [0.4, 0.5) is 0 Å². The third kappa shape index (κ3) is 3.54. The van der Waals surface area contributed by atoms with Crippen LogP contribution in [-0.4, -0.2) is 43.3 Å². The van der Waals surface area contributed by atoms with Crippen molar-refractivity contribution in [3.63, 3.8) is 0 Å². The van der Waals surface area contributed by atoms with E-state index in [9.17, 15) is 0 Å². The molecule has 0 unspecified atom stereocenters. The Kier molecular flexibility index (Phi) is 5.16. The fourth-order valence-electron chi connectivity index (χ4n) is 2.23. The molecule has 102 valence electrons. The maximum atomic E-state index is 5.38. The molecule has 0 aliphatic carbocycles. The van der Waals surface area contributed by atoms with E-state index in [2.05, 4.69) is 28.2 Å². The van der Waals surface area contributed by atoms with Crippen molar-refractivity contribution in [2.24, 2.45) is 0 Å². The highest BCUT2D eigenvalue weighted by molar-refractivity contribution is 5.15. The molecule has 0 atom stereocenters. The molecule has 0 aromatic carbocycles. The van der Waals surface area contributed by atoms with Gasteiger partial charge in [0.2, 0.25) is 0 Å². The van der Waals surface area contributed by atoms with Crippen molar-refractivity contribution >= 4 is 0 Å². The molecule has 5 heteroatoms. The van der Waals surface area contributed by atoms with Crippen LogP contribution in [0.1, 0.15) is 30.1 Å². The van der Waals surface area contributed by atoms with Crippen LogP contribution in [0.5, 0.6) is 0 Å². The van der Waals surface area contributed by atoms with E-state index in [-0.39, 0.29) is 0 Å². The van der Waals surface area contributed by atoms with Gasteiger partial charge in [0, 0.05) is 45.2 Å². The summed E-state index contributed by atoms with van der Waals surface area (Å²) in [6.45, 7) is 6.25. The van der Waals surface area contributed by atoms with E-state index in [1.165, 1.54) is 5.56 Å². The lowest BCUT2D eigenvalue weighted by Gasteiger charge is -2.22. The van der Waals surface area contributed by atoms with Crippen molar-refractivity contribution < 1.29 is 9.47 Å². The van der Waals surface area contributed by atoms with Crippen molar-refractivity contribution in [1.82, 2.24) is 15.1 Å². The Morgan fingerprint density at radius 2 is 2.28 bits per heavy atom. The van der Waals surface area contributed by atoms with Crippen LogP contribution in [0.2, 0.25) is 0 Å². The molecule has 0 radical (unpaired) electrons. The molecule has 1 aliphatic rings. The predicted octanol–water partition coefficient (Wildman–Crippen LogP) is 1.28. The molecule has 0 spiro atoms. The van der Waals surface area contributed by atoms with Gasteiger partial charge in [0.1, 0.15) is 0 Å². The summed E-state index contributed by atoms with van der Waals surface area (Å²) in [7, 11) is 1.72. The van der Waals surface area contributed by atoms with Gasteiger partial charge in [0.05, 0.1) is 18.3 Å². The third-order valence-electron chi connectivity index (χ3n) is 3.38. The summed E-state index contributed by atoms with van der Waals surface area (Å²) in [4.78, 5) is 0. The summed E-state index contributed by atoms with van der Waals surface area (Å²) >= 11 is 0. The number of ether oxygens (including phenoxy) is 2. The summed E-state index contributed by atoms with van der Waals surface area (Å²) in [6, 6.07) is 0.505. The Labute approximate surface area is 108 Å².